The molecule has 25 heavy (non-hydrogen) atoms. The fourth-order valence-corrected chi connectivity index (χ4v) is 3.18. The minimum absolute atomic E-state index is 0.775. The van der Waals surface area contributed by atoms with E-state index in [1.165, 1.54) is 11.1 Å². The van der Waals surface area contributed by atoms with Crippen LogP contribution in [0.3, 0.4) is 0 Å². The fourth-order valence-electron chi connectivity index (χ4n) is 2.82. The number of benzene rings is 2. The van der Waals surface area contributed by atoms with E-state index in [0.29, 0.717) is 0 Å². The van der Waals surface area contributed by atoms with Crippen molar-refractivity contribution in [3.05, 3.63) is 89.0 Å². The number of rotatable bonds is 5. The number of hydrogen-bond donors (Lipinski definition) is 1. The Bertz CT molecular complexity index is 978. The molecule has 2 aromatic heterocycles. The zero-order valence-corrected chi connectivity index (χ0v) is 15.1. The summed E-state index contributed by atoms with van der Waals surface area (Å²) >= 11 is 3.53. The highest BCUT2D eigenvalue weighted by molar-refractivity contribution is 9.10. The lowest BCUT2D eigenvalue weighted by Crippen LogP contribution is -2.01. The first-order valence-electron chi connectivity index (χ1n) is 8.10. The first-order chi connectivity index (χ1) is 12.3. The number of aromatic nitrogens is 3. The molecular weight excluding hydrogens is 376 g/mol. The van der Waals surface area contributed by atoms with Crippen LogP contribution in [0.5, 0.6) is 0 Å². The third-order valence-electron chi connectivity index (χ3n) is 4.13. The van der Waals surface area contributed by atoms with E-state index >= 15 is 0 Å². The van der Waals surface area contributed by atoms with Crippen LogP contribution in [-0.2, 0) is 13.1 Å². The fraction of sp³-hybridized carbons (Fsp3) is 0.100. The minimum Gasteiger partial charge on any atom is -0.380 e. The second kappa shape index (κ2) is 7.07. The molecule has 0 unspecified atom stereocenters. The van der Waals surface area contributed by atoms with Crippen molar-refractivity contribution in [1.29, 1.82) is 0 Å². The molecule has 124 valence electrons. The molecule has 4 rings (SSSR count). The minimum atomic E-state index is 0.775. The average Bonchev–Trinajstić information content (AvgIpc) is 3.14. The highest BCUT2D eigenvalue weighted by atomic mass is 79.9. The summed E-state index contributed by atoms with van der Waals surface area (Å²) in [5, 5.41) is 4.64. The maximum Gasteiger partial charge on any atom is 0.0949 e. The molecule has 0 saturated carbocycles. The molecule has 0 aliphatic carbocycles. The summed E-state index contributed by atoms with van der Waals surface area (Å²) in [6, 6.07) is 16.8. The van der Waals surface area contributed by atoms with Crippen molar-refractivity contribution in [3.63, 3.8) is 0 Å². The number of nitrogens with one attached hydrogen (secondary N) is 1. The molecule has 0 aliphatic rings. The van der Waals surface area contributed by atoms with Gasteiger partial charge in [-0.2, -0.15) is 0 Å². The maximum atomic E-state index is 4.42. The molecule has 0 saturated heterocycles. The molecule has 4 nitrogen and oxygen atoms in total. The SMILES string of the molecule is Brc1ccc2nccc(NCc3ccc(Cn4ccnc4)cc3)c2c1. The standard InChI is InChI=1S/C20H17BrN4/c21-17-5-6-19-18(11-17)20(7-8-23-19)24-12-15-1-3-16(4-2-15)13-25-10-9-22-14-25/h1-11,14H,12-13H2,(H,23,24). The van der Waals surface area contributed by atoms with Gasteiger partial charge in [-0.25, -0.2) is 4.98 Å². The van der Waals surface area contributed by atoms with Gasteiger partial charge in [0.25, 0.3) is 0 Å². The molecule has 0 amide bonds. The van der Waals surface area contributed by atoms with Crippen LogP contribution in [0.2, 0.25) is 0 Å². The van der Waals surface area contributed by atoms with Gasteiger partial charge >= 0.3 is 0 Å². The van der Waals surface area contributed by atoms with E-state index in [4.69, 9.17) is 0 Å². The van der Waals surface area contributed by atoms with E-state index in [2.05, 4.69) is 66.1 Å². The van der Waals surface area contributed by atoms with Crippen LogP contribution in [0.15, 0.2) is 77.9 Å². The van der Waals surface area contributed by atoms with Gasteiger partial charge < -0.3 is 9.88 Å². The predicted molar refractivity (Wildman–Crippen MR) is 105 cm³/mol. The molecule has 5 heteroatoms. The van der Waals surface area contributed by atoms with Gasteiger partial charge in [0, 0.05) is 47.2 Å². The van der Waals surface area contributed by atoms with Gasteiger partial charge in [-0.1, -0.05) is 40.2 Å². The van der Waals surface area contributed by atoms with E-state index in [9.17, 15) is 0 Å². The smallest absolute Gasteiger partial charge is 0.0949 e. The van der Waals surface area contributed by atoms with Crippen LogP contribution >= 0.6 is 15.9 Å². The van der Waals surface area contributed by atoms with Crippen LogP contribution < -0.4 is 5.32 Å². The molecule has 0 fully saturated rings. The average molecular weight is 393 g/mol. The van der Waals surface area contributed by atoms with Crippen LogP contribution in [0, 0.1) is 0 Å². The molecule has 0 aliphatic heterocycles. The molecule has 4 aromatic rings. The lowest BCUT2D eigenvalue weighted by Gasteiger charge is -2.10. The number of anilines is 1. The molecule has 1 N–H and O–H groups in total. The Kier molecular flexibility index (Phi) is 4.48. The van der Waals surface area contributed by atoms with Crippen molar-refractivity contribution in [2.75, 3.05) is 5.32 Å². The molecule has 0 spiro atoms. The first kappa shape index (κ1) is 15.8. The first-order valence-corrected chi connectivity index (χ1v) is 8.89. The summed E-state index contributed by atoms with van der Waals surface area (Å²) in [5.41, 5.74) is 4.59. The summed E-state index contributed by atoms with van der Waals surface area (Å²) in [7, 11) is 0. The summed E-state index contributed by atoms with van der Waals surface area (Å²) in [6.07, 6.45) is 7.45. The molecule has 0 radical (unpaired) electrons. The van der Waals surface area contributed by atoms with Crippen molar-refractivity contribution < 1.29 is 0 Å². The molecule has 0 atom stereocenters. The number of hydrogen-bond acceptors (Lipinski definition) is 3. The number of imidazole rings is 1. The Morgan fingerprint density at radius 2 is 1.80 bits per heavy atom. The number of pyridine rings is 1. The Morgan fingerprint density at radius 3 is 2.60 bits per heavy atom. The van der Waals surface area contributed by atoms with Gasteiger partial charge in [0.05, 0.1) is 11.8 Å². The zero-order valence-electron chi connectivity index (χ0n) is 13.6. The van der Waals surface area contributed by atoms with E-state index in [1.54, 1.807) is 6.20 Å². The lowest BCUT2D eigenvalue weighted by molar-refractivity contribution is 0.797. The third-order valence-corrected chi connectivity index (χ3v) is 4.63. The van der Waals surface area contributed by atoms with Crippen LogP contribution in [0.4, 0.5) is 5.69 Å². The number of halogens is 1. The van der Waals surface area contributed by atoms with Gasteiger partial charge in [-0.3, -0.25) is 4.98 Å². The molecular formula is C20H17BrN4. The van der Waals surface area contributed by atoms with Gasteiger partial charge in [0.1, 0.15) is 0 Å². The van der Waals surface area contributed by atoms with Gasteiger partial charge in [0.2, 0.25) is 0 Å². The van der Waals surface area contributed by atoms with Crippen LogP contribution in [0.1, 0.15) is 11.1 Å². The third kappa shape index (κ3) is 3.72. The Hall–Kier alpha value is -2.66. The topological polar surface area (TPSA) is 42.7 Å². The van der Waals surface area contributed by atoms with Crippen molar-refractivity contribution in [2.45, 2.75) is 13.1 Å². The summed E-state index contributed by atoms with van der Waals surface area (Å²) in [6.45, 7) is 1.62. The highest BCUT2D eigenvalue weighted by Gasteiger charge is 2.03. The molecule has 0 bridgehead atoms. The van der Waals surface area contributed by atoms with E-state index in [-0.39, 0.29) is 0 Å². The van der Waals surface area contributed by atoms with Crippen molar-refractivity contribution in [3.8, 4) is 0 Å². The van der Waals surface area contributed by atoms with Crippen LogP contribution in [0.25, 0.3) is 10.9 Å². The quantitative estimate of drug-likeness (QED) is 0.527. The van der Waals surface area contributed by atoms with E-state index in [0.717, 1.165) is 34.2 Å². The Morgan fingerprint density at radius 1 is 0.960 bits per heavy atom. The zero-order chi connectivity index (χ0) is 17.1. The van der Waals surface area contributed by atoms with Crippen molar-refractivity contribution in [1.82, 2.24) is 14.5 Å². The lowest BCUT2D eigenvalue weighted by atomic mass is 10.1. The summed E-state index contributed by atoms with van der Waals surface area (Å²) < 4.78 is 3.12. The van der Waals surface area contributed by atoms with Gasteiger partial charge in [0.15, 0.2) is 0 Å². The molecule has 2 aromatic carbocycles. The van der Waals surface area contributed by atoms with E-state index in [1.807, 2.05) is 36.9 Å². The monoisotopic (exact) mass is 392 g/mol. The molecule has 2 heterocycles. The summed E-state index contributed by atoms with van der Waals surface area (Å²) in [4.78, 5) is 8.49. The second-order valence-corrected chi connectivity index (χ2v) is 6.84. The number of fused-ring (bicyclic) bond motifs is 1. The van der Waals surface area contributed by atoms with E-state index < -0.39 is 0 Å². The normalized spacial score (nSPS) is 10.9. The van der Waals surface area contributed by atoms with Crippen molar-refractivity contribution >= 4 is 32.5 Å². The highest BCUT2D eigenvalue weighted by Crippen LogP contribution is 2.25. The van der Waals surface area contributed by atoms with Crippen molar-refractivity contribution in [2.24, 2.45) is 0 Å². The van der Waals surface area contributed by atoms with Gasteiger partial charge in [-0.15, -0.1) is 0 Å². The largest absolute Gasteiger partial charge is 0.380 e. The summed E-state index contributed by atoms with van der Waals surface area (Å²) in [5.74, 6) is 0. The predicted octanol–water partition coefficient (Wildman–Crippen LogP) is 4.85. The Balaban J connectivity index is 1.47. The Labute approximate surface area is 154 Å². The maximum absolute atomic E-state index is 4.42. The van der Waals surface area contributed by atoms with Gasteiger partial charge in [-0.05, 0) is 35.4 Å². The van der Waals surface area contributed by atoms with Crippen LogP contribution in [-0.4, -0.2) is 14.5 Å². The number of nitrogens with zero attached hydrogens (tertiary/aromatic N) is 3. The second-order valence-electron chi connectivity index (χ2n) is 5.93.